The van der Waals surface area contributed by atoms with Gasteiger partial charge in [-0.25, -0.2) is 4.39 Å². The summed E-state index contributed by atoms with van der Waals surface area (Å²) in [7, 11) is 1.58. The molecule has 2 rings (SSSR count). The maximum absolute atomic E-state index is 13.3. The van der Waals surface area contributed by atoms with Crippen LogP contribution in [0.15, 0.2) is 18.2 Å². The highest BCUT2D eigenvalue weighted by molar-refractivity contribution is 5.95. The number of amides is 1. The predicted molar refractivity (Wildman–Crippen MR) is 72.8 cm³/mol. The third kappa shape index (κ3) is 3.46. The first-order chi connectivity index (χ1) is 9.39. The summed E-state index contributed by atoms with van der Waals surface area (Å²) in [6, 6.07) is 3.72. The molecule has 1 aliphatic rings. The fourth-order valence-corrected chi connectivity index (χ4v) is 2.38. The lowest BCUT2D eigenvalue weighted by Crippen LogP contribution is -2.47. The van der Waals surface area contributed by atoms with Gasteiger partial charge in [-0.1, -0.05) is 0 Å². The second kappa shape index (κ2) is 5.76. The van der Waals surface area contributed by atoms with Crippen molar-refractivity contribution in [3.05, 3.63) is 29.6 Å². The van der Waals surface area contributed by atoms with Gasteiger partial charge in [0.05, 0.1) is 5.60 Å². The van der Waals surface area contributed by atoms with E-state index in [1.54, 1.807) is 7.05 Å². The van der Waals surface area contributed by atoms with E-state index >= 15 is 0 Å². The van der Waals surface area contributed by atoms with Crippen LogP contribution < -0.4 is 5.73 Å². The second-order valence-corrected chi connectivity index (χ2v) is 5.27. The molecule has 6 heteroatoms. The monoisotopic (exact) mass is 282 g/mol. The number of nitrogens with two attached hydrogens (primary N) is 1. The van der Waals surface area contributed by atoms with Crippen molar-refractivity contribution in [3.63, 3.8) is 0 Å². The van der Waals surface area contributed by atoms with Crippen molar-refractivity contribution < 1.29 is 19.0 Å². The van der Waals surface area contributed by atoms with Crippen LogP contribution in [0.4, 0.5) is 10.1 Å². The van der Waals surface area contributed by atoms with Crippen LogP contribution >= 0.6 is 0 Å². The lowest BCUT2D eigenvalue weighted by atomic mass is 9.93. The van der Waals surface area contributed by atoms with Crippen molar-refractivity contribution in [2.75, 3.05) is 32.5 Å². The van der Waals surface area contributed by atoms with Crippen molar-refractivity contribution in [1.82, 2.24) is 4.90 Å². The minimum Gasteiger partial charge on any atom is -0.399 e. The highest BCUT2D eigenvalue weighted by Crippen LogP contribution is 2.22. The largest absolute Gasteiger partial charge is 0.399 e. The highest BCUT2D eigenvalue weighted by atomic mass is 19.1. The number of benzene rings is 1. The molecule has 0 bridgehead atoms. The summed E-state index contributed by atoms with van der Waals surface area (Å²) in [6.45, 7) is 1.14. The van der Waals surface area contributed by atoms with E-state index in [-0.39, 0.29) is 23.7 Å². The lowest BCUT2D eigenvalue weighted by molar-refractivity contribution is -0.0734. The Labute approximate surface area is 117 Å². The maximum atomic E-state index is 13.3. The van der Waals surface area contributed by atoms with Gasteiger partial charge in [0, 0.05) is 50.9 Å². The van der Waals surface area contributed by atoms with Crippen molar-refractivity contribution in [2.24, 2.45) is 0 Å². The van der Waals surface area contributed by atoms with Crippen molar-refractivity contribution in [3.8, 4) is 0 Å². The molecule has 0 aliphatic carbocycles. The topological polar surface area (TPSA) is 75.8 Å². The van der Waals surface area contributed by atoms with Gasteiger partial charge in [0.2, 0.25) is 0 Å². The number of carbonyl (C=O) groups excluding carboxylic acids is 1. The van der Waals surface area contributed by atoms with Gasteiger partial charge in [-0.15, -0.1) is 0 Å². The first-order valence-electron chi connectivity index (χ1n) is 6.51. The number of hydrogen-bond donors (Lipinski definition) is 2. The van der Waals surface area contributed by atoms with Gasteiger partial charge >= 0.3 is 0 Å². The fraction of sp³-hybridized carbons (Fsp3) is 0.500. The molecule has 3 N–H and O–H groups in total. The van der Waals surface area contributed by atoms with E-state index in [1.165, 1.54) is 11.0 Å². The summed E-state index contributed by atoms with van der Waals surface area (Å²) >= 11 is 0. The molecular formula is C14H19FN2O3. The van der Waals surface area contributed by atoms with E-state index in [1.807, 2.05) is 0 Å². The molecule has 1 fully saturated rings. The Morgan fingerprint density at radius 3 is 2.70 bits per heavy atom. The number of aliphatic hydroxyl groups is 1. The van der Waals surface area contributed by atoms with E-state index in [0.717, 1.165) is 12.1 Å². The third-order valence-corrected chi connectivity index (χ3v) is 3.47. The molecule has 1 heterocycles. The molecule has 1 amide bonds. The Kier molecular flexibility index (Phi) is 4.25. The van der Waals surface area contributed by atoms with E-state index in [2.05, 4.69) is 0 Å². The zero-order valence-electron chi connectivity index (χ0n) is 11.4. The molecule has 1 saturated heterocycles. The number of carbonyl (C=O) groups is 1. The smallest absolute Gasteiger partial charge is 0.253 e. The Morgan fingerprint density at radius 2 is 2.10 bits per heavy atom. The van der Waals surface area contributed by atoms with Gasteiger partial charge in [0.15, 0.2) is 0 Å². The van der Waals surface area contributed by atoms with Gasteiger partial charge in [-0.05, 0) is 18.2 Å². The van der Waals surface area contributed by atoms with Crippen molar-refractivity contribution in [2.45, 2.75) is 18.4 Å². The average Bonchev–Trinajstić information content (AvgIpc) is 2.37. The Bertz CT molecular complexity index is 481. The number of halogens is 1. The summed E-state index contributed by atoms with van der Waals surface area (Å²) in [4.78, 5) is 13.6. The summed E-state index contributed by atoms with van der Waals surface area (Å²) in [5.74, 6) is -0.914. The second-order valence-electron chi connectivity index (χ2n) is 5.27. The van der Waals surface area contributed by atoms with Crippen LogP contribution in [0.3, 0.4) is 0 Å². The van der Waals surface area contributed by atoms with Crippen molar-refractivity contribution in [1.29, 1.82) is 0 Å². The van der Waals surface area contributed by atoms with Gasteiger partial charge in [0.1, 0.15) is 5.82 Å². The fourth-order valence-electron chi connectivity index (χ4n) is 2.38. The standard InChI is InChI=1S/C14H19FN2O3/c1-17(9-14(19)2-4-20-5-3-14)13(18)10-6-11(15)8-12(16)7-10/h6-8,19H,2-5,9,16H2,1H3. The van der Waals surface area contributed by atoms with Gasteiger partial charge in [0.25, 0.3) is 5.91 Å². The van der Waals surface area contributed by atoms with Crippen LogP contribution in [-0.4, -0.2) is 48.3 Å². The number of likely N-dealkylation sites (N-methyl/N-ethyl adjacent to an activating group) is 1. The molecule has 0 unspecified atom stereocenters. The van der Waals surface area contributed by atoms with Crippen LogP contribution in [-0.2, 0) is 4.74 Å². The summed E-state index contributed by atoms with van der Waals surface area (Å²) in [5.41, 5.74) is 4.97. The minimum absolute atomic E-state index is 0.181. The van der Waals surface area contributed by atoms with Crippen LogP contribution in [0.5, 0.6) is 0 Å². The number of anilines is 1. The van der Waals surface area contributed by atoms with E-state index in [0.29, 0.717) is 26.1 Å². The number of rotatable bonds is 3. The van der Waals surface area contributed by atoms with E-state index in [4.69, 9.17) is 10.5 Å². The molecule has 0 aromatic heterocycles. The molecule has 1 aliphatic heterocycles. The highest BCUT2D eigenvalue weighted by Gasteiger charge is 2.32. The van der Waals surface area contributed by atoms with E-state index < -0.39 is 11.4 Å². The molecule has 0 spiro atoms. The van der Waals surface area contributed by atoms with Crippen LogP contribution in [0.25, 0.3) is 0 Å². The number of hydrogen-bond acceptors (Lipinski definition) is 4. The average molecular weight is 282 g/mol. The molecule has 0 saturated carbocycles. The molecule has 5 nitrogen and oxygen atoms in total. The minimum atomic E-state index is -0.943. The zero-order valence-corrected chi connectivity index (χ0v) is 11.4. The Hall–Kier alpha value is -1.66. The maximum Gasteiger partial charge on any atom is 0.253 e. The predicted octanol–water partition coefficient (Wildman–Crippen LogP) is 1.02. The number of nitrogen functional groups attached to an aromatic ring is 1. The van der Waals surface area contributed by atoms with Gasteiger partial charge in [-0.3, -0.25) is 4.79 Å². The normalized spacial score (nSPS) is 17.8. The first kappa shape index (κ1) is 14.7. The molecule has 0 atom stereocenters. The SMILES string of the molecule is CN(CC1(O)CCOCC1)C(=O)c1cc(N)cc(F)c1. The van der Waals surface area contributed by atoms with Gasteiger partial charge < -0.3 is 20.5 Å². The van der Waals surface area contributed by atoms with Crippen LogP contribution in [0, 0.1) is 5.82 Å². The third-order valence-electron chi connectivity index (χ3n) is 3.47. The Morgan fingerprint density at radius 1 is 1.45 bits per heavy atom. The Balaban J connectivity index is 2.08. The molecular weight excluding hydrogens is 263 g/mol. The quantitative estimate of drug-likeness (QED) is 0.812. The summed E-state index contributed by atoms with van der Waals surface area (Å²) in [6.07, 6.45) is 0.964. The van der Waals surface area contributed by atoms with Gasteiger partial charge in [-0.2, -0.15) is 0 Å². The summed E-state index contributed by atoms with van der Waals surface area (Å²) in [5, 5.41) is 10.4. The zero-order chi connectivity index (χ0) is 14.8. The first-order valence-corrected chi connectivity index (χ1v) is 6.51. The number of nitrogens with zero attached hydrogens (tertiary/aromatic N) is 1. The molecule has 110 valence electrons. The molecule has 20 heavy (non-hydrogen) atoms. The van der Waals surface area contributed by atoms with Crippen molar-refractivity contribution >= 4 is 11.6 Å². The molecule has 1 aromatic rings. The number of ether oxygens (including phenoxy) is 1. The molecule has 0 radical (unpaired) electrons. The lowest BCUT2D eigenvalue weighted by Gasteiger charge is -2.35. The molecule has 1 aromatic carbocycles. The van der Waals surface area contributed by atoms with Crippen LogP contribution in [0.1, 0.15) is 23.2 Å². The van der Waals surface area contributed by atoms with E-state index in [9.17, 15) is 14.3 Å². The van der Waals surface area contributed by atoms with Crippen LogP contribution in [0.2, 0.25) is 0 Å². The summed E-state index contributed by atoms with van der Waals surface area (Å²) < 4.78 is 18.5.